The summed E-state index contributed by atoms with van der Waals surface area (Å²) in [4.78, 5) is 25.8. The Balaban J connectivity index is 1.53. The average molecular weight is 573 g/mol. The van der Waals surface area contributed by atoms with Gasteiger partial charge in [-0.3, -0.25) is 0 Å². The van der Waals surface area contributed by atoms with Gasteiger partial charge in [0.05, 0.1) is 12.2 Å². The molecule has 0 saturated heterocycles. The van der Waals surface area contributed by atoms with Crippen LogP contribution in [0.5, 0.6) is 5.75 Å². The number of anilines is 1. The van der Waals surface area contributed by atoms with Gasteiger partial charge in [-0.25, -0.2) is 18.4 Å². The quantitative estimate of drug-likeness (QED) is 0.198. The molecular weight excluding hydrogens is 538 g/mol. The lowest BCUT2D eigenvalue weighted by Crippen LogP contribution is -2.39. The maximum Gasteiger partial charge on any atom is 0.333 e. The zero-order valence-corrected chi connectivity index (χ0v) is 23.2. The molecule has 1 unspecified atom stereocenters. The Morgan fingerprint density at radius 2 is 1.75 bits per heavy atom. The zero-order chi connectivity index (χ0) is 28.7. The standard InChI is InChI=1S/C30H34F2N2O5S/c1-2-38-28(29(35)36)19-22-9-12-25(13-10-22)39-17-16-34(15-6-18-40-21-23-7-4-3-5-8-23)30(37)33-27-14-11-24(31)20-26(27)32/h3-5,7-14,20,28H,2,6,15-19,21H2,1H3,(H,33,37)(H,35,36). The van der Waals surface area contributed by atoms with Gasteiger partial charge in [0.25, 0.3) is 0 Å². The van der Waals surface area contributed by atoms with Crippen LogP contribution in [-0.2, 0) is 21.7 Å². The van der Waals surface area contributed by atoms with Crippen molar-refractivity contribution < 1.29 is 33.0 Å². The second kappa shape index (κ2) is 16.5. The molecule has 3 aromatic rings. The number of nitrogens with one attached hydrogen (secondary N) is 1. The highest BCUT2D eigenvalue weighted by molar-refractivity contribution is 7.98. The minimum Gasteiger partial charge on any atom is -0.492 e. The summed E-state index contributed by atoms with van der Waals surface area (Å²) in [6, 6.07) is 19.6. The summed E-state index contributed by atoms with van der Waals surface area (Å²) in [7, 11) is 0. The first-order chi connectivity index (χ1) is 19.4. The normalized spacial score (nSPS) is 11.6. The molecule has 3 rings (SSSR count). The number of carbonyl (C=O) groups is 2. The molecule has 0 aliphatic carbocycles. The van der Waals surface area contributed by atoms with E-state index >= 15 is 0 Å². The number of thioether (sulfide) groups is 1. The predicted octanol–water partition coefficient (Wildman–Crippen LogP) is 6.23. The van der Waals surface area contributed by atoms with Crippen LogP contribution in [0.2, 0.25) is 0 Å². The lowest BCUT2D eigenvalue weighted by molar-refractivity contribution is -0.149. The van der Waals surface area contributed by atoms with Gasteiger partial charge in [-0.2, -0.15) is 11.8 Å². The fourth-order valence-electron chi connectivity index (χ4n) is 3.85. The summed E-state index contributed by atoms with van der Waals surface area (Å²) >= 11 is 1.76. The number of carboxylic acids is 1. The predicted molar refractivity (Wildman–Crippen MR) is 153 cm³/mol. The molecule has 10 heteroatoms. The molecule has 1 atom stereocenters. The number of aliphatic carboxylic acids is 1. The van der Waals surface area contributed by atoms with Crippen molar-refractivity contribution in [2.45, 2.75) is 31.6 Å². The number of nitrogens with zero attached hydrogens (tertiary/aromatic N) is 1. The van der Waals surface area contributed by atoms with Crippen molar-refractivity contribution in [3.8, 4) is 5.75 Å². The molecule has 0 bridgehead atoms. The van der Waals surface area contributed by atoms with Gasteiger partial charge in [0.15, 0.2) is 6.10 Å². The fourth-order valence-corrected chi connectivity index (χ4v) is 4.76. The lowest BCUT2D eigenvalue weighted by atomic mass is 10.1. The molecule has 2 amide bonds. The highest BCUT2D eigenvalue weighted by Gasteiger charge is 2.18. The van der Waals surface area contributed by atoms with Crippen LogP contribution in [0, 0.1) is 11.6 Å². The van der Waals surface area contributed by atoms with E-state index < -0.39 is 29.7 Å². The number of urea groups is 1. The second-order valence-corrected chi connectivity index (χ2v) is 10.0. The molecule has 0 aliphatic heterocycles. The molecule has 0 aliphatic rings. The summed E-state index contributed by atoms with van der Waals surface area (Å²) in [5.74, 6) is -0.332. The third-order valence-electron chi connectivity index (χ3n) is 5.91. The van der Waals surface area contributed by atoms with Crippen molar-refractivity contribution >= 4 is 29.4 Å². The Bertz CT molecular complexity index is 1210. The molecule has 0 spiro atoms. The highest BCUT2D eigenvalue weighted by Crippen LogP contribution is 2.18. The van der Waals surface area contributed by atoms with Crippen LogP contribution in [0.4, 0.5) is 19.3 Å². The average Bonchev–Trinajstić information content (AvgIpc) is 2.94. The summed E-state index contributed by atoms with van der Waals surface area (Å²) in [5, 5.41) is 11.8. The number of rotatable bonds is 16. The molecule has 0 heterocycles. The van der Waals surface area contributed by atoms with Gasteiger partial charge < -0.3 is 24.8 Å². The molecular formula is C30H34F2N2O5S. The van der Waals surface area contributed by atoms with Crippen molar-refractivity contribution in [1.29, 1.82) is 0 Å². The van der Waals surface area contributed by atoms with Crippen LogP contribution in [0.15, 0.2) is 72.8 Å². The van der Waals surface area contributed by atoms with Crippen LogP contribution < -0.4 is 10.1 Å². The Labute approximate surface area is 237 Å². The van der Waals surface area contributed by atoms with Gasteiger partial charge in [-0.15, -0.1) is 0 Å². The van der Waals surface area contributed by atoms with Gasteiger partial charge in [-0.1, -0.05) is 42.5 Å². The van der Waals surface area contributed by atoms with Gasteiger partial charge >= 0.3 is 12.0 Å². The Kier molecular flexibility index (Phi) is 12.7. The Morgan fingerprint density at radius 3 is 2.42 bits per heavy atom. The first-order valence-corrected chi connectivity index (χ1v) is 14.2. The van der Waals surface area contributed by atoms with E-state index in [9.17, 15) is 23.5 Å². The van der Waals surface area contributed by atoms with Crippen LogP contribution in [0.1, 0.15) is 24.5 Å². The summed E-state index contributed by atoms with van der Waals surface area (Å²) in [6.45, 7) is 2.91. The van der Waals surface area contributed by atoms with Gasteiger partial charge in [-0.05, 0) is 54.5 Å². The topological polar surface area (TPSA) is 88.1 Å². The van der Waals surface area contributed by atoms with Crippen LogP contribution in [-0.4, -0.2) is 60.2 Å². The van der Waals surface area contributed by atoms with E-state index in [2.05, 4.69) is 17.4 Å². The molecule has 0 radical (unpaired) electrons. The number of carboxylic acid groups (broad SMARTS) is 1. The molecule has 0 fully saturated rings. The van der Waals surface area contributed by atoms with Crippen molar-refractivity contribution in [2.24, 2.45) is 0 Å². The fraction of sp³-hybridized carbons (Fsp3) is 0.333. The van der Waals surface area contributed by atoms with Crippen molar-refractivity contribution in [3.05, 3.63) is 95.6 Å². The van der Waals surface area contributed by atoms with Crippen molar-refractivity contribution in [3.63, 3.8) is 0 Å². The van der Waals surface area contributed by atoms with E-state index in [1.54, 1.807) is 47.9 Å². The summed E-state index contributed by atoms with van der Waals surface area (Å²) < 4.78 is 38.5. The number of halogens is 2. The van der Waals surface area contributed by atoms with E-state index in [-0.39, 0.29) is 25.3 Å². The number of ether oxygens (including phenoxy) is 2. The van der Waals surface area contributed by atoms with E-state index in [4.69, 9.17) is 9.47 Å². The van der Waals surface area contributed by atoms with E-state index in [0.29, 0.717) is 18.9 Å². The number of hydrogen-bond donors (Lipinski definition) is 2. The third kappa shape index (κ3) is 10.5. The van der Waals surface area contributed by atoms with E-state index in [1.165, 1.54) is 11.6 Å². The molecule has 214 valence electrons. The number of carbonyl (C=O) groups excluding carboxylic acids is 1. The maximum atomic E-state index is 14.1. The van der Waals surface area contributed by atoms with Gasteiger partial charge in [0.1, 0.15) is 24.0 Å². The third-order valence-corrected chi connectivity index (χ3v) is 7.02. The van der Waals surface area contributed by atoms with Crippen LogP contribution in [0.3, 0.4) is 0 Å². The number of hydrogen-bond acceptors (Lipinski definition) is 5. The first kappa shape index (κ1) is 30.9. The molecule has 0 saturated carbocycles. The highest BCUT2D eigenvalue weighted by atomic mass is 32.2. The van der Waals surface area contributed by atoms with Gasteiger partial charge in [0.2, 0.25) is 0 Å². The molecule has 0 aromatic heterocycles. The van der Waals surface area contributed by atoms with E-state index in [1.807, 2.05) is 18.2 Å². The lowest BCUT2D eigenvalue weighted by Gasteiger charge is -2.23. The number of benzene rings is 3. The second-order valence-electron chi connectivity index (χ2n) is 8.91. The molecule has 7 nitrogen and oxygen atoms in total. The molecule has 2 N–H and O–H groups in total. The summed E-state index contributed by atoms with van der Waals surface area (Å²) in [5.41, 5.74) is 1.92. The maximum absolute atomic E-state index is 14.1. The summed E-state index contributed by atoms with van der Waals surface area (Å²) in [6.07, 6.45) is 0.0380. The Morgan fingerprint density at radius 1 is 1.00 bits per heavy atom. The molecule has 3 aromatic carbocycles. The largest absolute Gasteiger partial charge is 0.492 e. The smallest absolute Gasteiger partial charge is 0.333 e. The van der Waals surface area contributed by atoms with E-state index in [0.717, 1.165) is 35.6 Å². The van der Waals surface area contributed by atoms with Crippen molar-refractivity contribution in [1.82, 2.24) is 4.90 Å². The minimum absolute atomic E-state index is 0.0990. The Hall–Kier alpha value is -3.63. The number of amides is 2. The monoisotopic (exact) mass is 572 g/mol. The molecule has 40 heavy (non-hydrogen) atoms. The first-order valence-electron chi connectivity index (χ1n) is 13.0. The zero-order valence-electron chi connectivity index (χ0n) is 22.4. The minimum atomic E-state index is -1.01. The van der Waals surface area contributed by atoms with Crippen LogP contribution >= 0.6 is 11.8 Å². The SMILES string of the molecule is CCOC(Cc1ccc(OCCN(CCCSCc2ccccc2)C(=O)Nc2ccc(F)cc2F)cc1)C(=O)O. The van der Waals surface area contributed by atoms with Gasteiger partial charge in [0, 0.05) is 31.4 Å². The van der Waals surface area contributed by atoms with Crippen LogP contribution in [0.25, 0.3) is 0 Å². The van der Waals surface area contributed by atoms with Crippen molar-refractivity contribution in [2.75, 3.05) is 37.4 Å².